The number of ether oxygens (including phenoxy) is 2. The Hall–Kier alpha value is -2.51. The Bertz CT molecular complexity index is 777. The van der Waals surface area contributed by atoms with Crippen LogP contribution in [-0.2, 0) is 0 Å². The summed E-state index contributed by atoms with van der Waals surface area (Å²) in [5.41, 5.74) is 0.813. The van der Waals surface area contributed by atoms with Crippen molar-refractivity contribution in [2.75, 3.05) is 19.5 Å². The molecule has 0 saturated heterocycles. The van der Waals surface area contributed by atoms with E-state index in [1.165, 1.54) is 11.8 Å². The first-order chi connectivity index (χ1) is 12.2. The zero-order chi connectivity index (χ0) is 17.5. The van der Waals surface area contributed by atoms with Gasteiger partial charge in [-0.2, -0.15) is 0 Å². The van der Waals surface area contributed by atoms with Gasteiger partial charge in [0.2, 0.25) is 5.89 Å². The summed E-state index contributed by atoms with van der Waals surface area (Å²) in [7, 11) is 1.61. The molecule has 3 aromatic rings. The van der Waals surface area contributed by atoms with Crippen molar-refractivity contribution in [2.45, 2.75) is 11.3 Å². The lowest BCUT2D eigenvalue weighted by atomic mass is 10.2. The Morgan fingerprint density at radius 2 is 1.80 bits per heavy atom. The first kappa shape index (κ1) is 17.3. The highest BCUT2D eigenvalue weighted by Crippen LogP contribution is 2.25. The Morgan fingerprint density at radius 1 is 1.04 bits per heavy atom. The first-order valence-electron chi connectivity index (χ1n) is 7.71. The lowest BCUT2D eigenvalue weighted by Crippen LogP contribution is -2.20. The molecule has 0 aliphatic rings. The molecule has 25 heavy (non-hydrogen) atoms. The topological polar surface area (TPSA) is 77.6 Å². The fourth-order valence-corrected chi connectivity index (χ4v) is 2.71. The number of thioether (sulfide) groups is 1. The van der Waals surface area contributed by atoms with Crippen LogP contribution in [0.5, 0.6) is 11.5 Å². The van der Waals surface area contributed by atoms with Crippen molar-refractivity contribution >= 4 is 11.8 Å². The molecule has 0 amide bonds. The average Bonchev–Trinajstić information content (AvgIpc) is 3.14. The predicted molar refractivity (Wildman–Crippen MR) is 95.0 cm³/mol. The molecule has 7 heteroatoms. The molecule has 0 spiro atoms. The number of nitrogens with zero attached hydrogens (tertiary/aromatic N) is 2. The van der Waals surface area contributed by atoms with E-state index in [0.29, 0.717) is 16.9 Å². The number of rotatable bonds is 8. The summed E-state index contributed by atoms with van der Waals surface area (Å²) in [5, 5.41) is 18.4. The third kappa shape index (κ3) is 4.98. The summed E-state index contributed by atoms with van der Waals surface area (Å²) >= 11 is 1.29. The molecule has 0 radical (unpaired) electrons. The Kier molecular flexibility index (Phi) is 5.92. The van der Waals surface area contributed by atoms with E-state index in [4.69, 9.17) is 13.9 Å². The Labute approximate surface area is 149 Å². The van der Waals surface area contributed by atoms with Gasteiger partial charge in [0.05, 0.1) is 13.2 Å². The van der Waals surface area contributed by atoms with Crippen molar-refractivity contribution in [3.63, 3.8) is 0 Å². The predicted octanol–water partition coefficient (Wildman–Crippen LogP) is 3.28. The third-order valence-corrected chi connectivity index (χ3v) is 4.29. The second kappa shape index (κ2) is 8.55. The molecule has 0 saturated carbocycles. The molecular weight excluding hydrogens is 340 g/mol. The maximum atomic E-state index is 10.0. The van der Waals surface area contributed by atoms with Gasteiger partial charge in [-0.05, 0) is 36.4 Å². The van der Waals surface area contributed by atoms with Crippen LogP contribution in [-0.4, -0.2) is 40.9 Å². The van der Waals surface area contributed by atoms with Crippen molar-refractivity contribution < 1.29 is 19.0 Å². The summed E-state index contributed by atoms with van der Waals surface area (Å²) in [6.45, 7) is 0.205. The molecule has 130 valence electrons. The number of para-hydroxylation sites is 1. The quantitative estimate of drug-likeness (QED) is 0.619. The summed E-state index contributed by atoms with van der Waals surface area (Å²) in [6, 6.07) is 16.7. The number of hydrogen-bond acceptors (Lipinski definition) is 7. The lowest BCUT2D eigenvalue weighted by Gasteiger charge is -2.10. The summed E-state index contributed by atoms with van der Waals surface area (Å²) < 4.78 is 16.2. The van der Waals surface area contributed by atoms with E-state index in [2.05, 4.69) is 10.2 Å². The van der Waals surface area contributed by atoms with Crippen LogP contribution in [0.3, 0.4) is 0 Å². The molecule has 0 aliphatic heterocycles. The molecule has 2 aromatic carbocycles. The van der Waals surface area contributed by atoms with Crippen LogP contribution in [0.2, 0.25) is 0 Å². The van der Waals surface area contributed by atoms with Crippen LogP contribution < -0.4 is 9.47 Å². The van der Waals surface area contributed by atoms with Crippen LogP contribution in [0.1, 0.15) is 0 Å². The van der Waals surface area contributed by atoms with Gasteiger partial charge in [-0.3, -0.25) is 0 Å². The van der Waals surface area contributed by atoms with Gasteiger partial charge in [0, 0.05) is 11.3 Å². The monoisotopic (exact) mass is 358 g/mol. The Balaban J connectivity index is 1.49. The summed E-state index contributed by atoms with van der Waals surface area (Å²) in [5.74, 6) is 2.32. The number of aliphatic hydroxyl groups excluding tert-OH is 1. The molecule has 6 nitrogen and oxygen atoms in total. The van der Waals surface area contributed by atoms with Crippen molar-refractivity contribution in [1.29, 1.82) is 0 Å². The van der Waals surface area contributed by atoms with Gasteiger partial charge in [0.1, 0.15) is 18.1 Å². The minimum atomic E-state index is -0.637. The number of hydrogen-bond donors (Lipinski definition) is 1. The van der Waals surface area contributed by atoms with Crippen molar-refractivity contribution in [3.05, 3.63) is 54.6 Å². The fourth-order valence-electron chi connectivity index (χ4n) is 2.04. The molecule has 0 unspecified atom stereocenters. The van der Waals surface area contributed by atoms with Crippen LogP contribution in [0.4, 0.5) is 0 Å². The number of aromatic nitrogens is 2. The molecule has 1 aromatic heterocycles. The minimum absolute atomic E-state index is 0.205. The molecule has 1 atom stereocenters. The van der Waals surface area contributed by atoms with E-state index in [0.717, 1.165) is 17.1 Å². The molecule has 0 aliphatic carbocycles. The van der Waals surface area contributed by atoms with Gasteiger partial charge in [-0.1, -0.05) is 30.0 Å². The standard InChI is InChI=1S/C18H18N2O4S/c1-22-15-9-7-13(8-10-15)17-19-20-18(24-17)25-12-14(21)11-23-16-5-3-2-4-6-16/h2-10,14,21H,11-12H2,1H3/t14-/m0/s1. The third-order valence-electron chi connectivity index (χ3n) is 3.33. The van der Waals surface area contributed by atoms with E-state index in [1.807, 2.05) is 54.6 Å². The maximum Gasteiger partial charge on any atom is 0.276 e. The number of benzene rings is 2. The van der Waals surface area contributed by atoms with E-state index in [9.17, 15) is 5.11 Å². The van der Waals surface area contributed by atoms with E-state index in [1.54, 1.807) is 7.11 Å². The smallest absolute Gasteiger partial charge is 0.276 e. The zero-order valence-electron chi connectivity index (χ0n) is 13.7. The second-order valence-corrected chi connectivity index (χ2v) is 6.16. The van der Waals surface area contributed by atoms with Crippen LogP contribution in [0.25, 0.3) is 11.5 Å². The van der Waals surface area contributed by atoms with E-state index >= 15 is 0 Å². The molecule has 3 rings (SSSR count). The van der Waals surface area contributed by atoms with Gasteiger partial charge in [0.25, 0.3) is 5.22 Å². The van der Waals surface area contributed by atoms with Crippen molar-refractivity contribution in [1.82, 2.24) is 10.2 Å². The van der Waals surface area contributed by atoms with Crippen LogP contribution in [0, 0.1) is 0 Å². The first-order valence-corrected chi connectivity index (χ1v) is 8.70. The minimum Gasteiger partial charge on any atom is -0.497 e. The highest BCUT2D eigenvalue weighted by molar-refractivity contribution is 7.99. The molecule has 0 bridgehead atoms. The fraction of sp³-hybridized carbons (Fsp3) is 0.222. The zero-order valence-corrected chi connectivity index (χ0v) is 14.5. The lowest BCUT2D eigenvalue weighted by molar-refractivity contribution is 0.126. The Morgan fingerprint density at radius 3 is 2.52 bits per heavy atom. The highest BCUT2D eigenvalue weighted by atomic mass is 32.2. The molecule has 1 heterocycles. The van der Waals surface area contributed by atoms with Crippen LogP contribution >= 0.6 is 11.8 Å². The number of aliphatic hydroxyl groups is 1. The average molecular weight is 358 g/mol. The summed E-state index contributed by atoms with van der Waals surface area (Å²) in [6.07, 6.45) is -0.637. The van der Waals surface area contributed by atoms with Crippen molar-refractivity contribution in [3.8, 4) is 23.0 Å². The second-order valence-electron chi connectivity index (χ2n) is 5.19. The van der Waals surface area contributed by atoms with Crippen molar-refractivity contribution in [2.24, 2.45) is 0 Å². The summed E-state index contributed by atoms with van der Waals surface area (Å²) in [4.78, 5) is 0. The molecule has 0 fully saturated rings. The van der Waals surface area contributed by atoms with Crippen LogP contribution in [0.15, 0.2) is 64.2 Å². The molecular formula is C18H18N2O4S. The SMILES string of the molecule is COc1ccc(-c2nnc(SC[C@@H](O)COc3ccccc3)o2)cc1. The largest absolute Gasteiger partial charge is 0.497 e. The number of methoxy groups -OCH3 is 1. The molecule has 1 N–H and O–H groups in total. The highest BCUT2D eigenvalue weighted by Gasteiger charge is 2.12. The normalized spacial score (nSPS) is 11.9. The van der Waals surface area contributed by atoms with E-state index < -0.39 is 6.10 Å². The van der Waals surface area contributed by atoms with Gasteiger partial charge in [-0.15, -0.1) is 10.2 Å². The van der Waals surface area contributed by atoms with Gasteiger partial charge < -0.3 is 19.0 Å². The van der Waals surface area contributed by atoms with Gasteiger partial charge in [-0.25, -0.2) is 0 Å². The van der Waals surface area contributed by atoms with Gasteiger partial charge in [0.15, 0.2) is 0 Å². The maximum absolute atomic E-state index is 10.0. The van der Waals surface area contributed by atoms with Gasteiger partial charge >= 0.3 is 0 Å². The van der Waals surface area contributed by atoms with E-state index in [-0.39, 0.29) is 6.61 Å².